The molecule has 72 valence electrons. The van der Waals surface area contributed by atoms with Crippen LogP contribution in [0.15, 0.2) is 23.4 Å². The number of hydrogen-bond acceptors (Lipinski definition) is 3. The number of thioether (sulfide) groups is 1. The first-order chi connectivity index (χ1) is 6.24. The average molecular weight is 196 g/mol. The minimum Gasteiger partial charge on any atom is -0.326 e. The molecule has 0 saturated carbocycles. The van der Waals surface area contributed by atoms with Gasteiger partial charge in [0.25, 0.3) is 0 Å². The van der Waals surface area contributed by atoms with Crippen LogP contribution in [0, 0.1) is 5.92 Å². The molecular weight excluding hydrogens is 180 g/mol. The number of pyridine rings is 1. The van der Waals surface area contributed by atoms with Crippen LogP contribution in [0.5, 0.6) is 0 Å². The quantitative estimate of drug-likeness (QED) is 0.751. The summed E-state index contributed by atoms with van der Waals surface area (Å²) in [6, 6.07) is 1.99. The van der Waals surface area contributed by atoms with Gasteiger partial charge in [-0.05, 0) is 17.5 Å². The Bertz CT molecular complexity index is 261. The molecule has 2 N–H and O–H groups in total. The van der Waals surface area contributed by atoms with E-state index in [-0.39, 0.29) is 0 Å². The first-order valence-corrected chi connectivity index (χ1v) is 5.48. The number of aromatic nitrogens is 1. The van der Waals surface area contributed by atoms with Gasteiger partial charge in [0, 0.05) is 29.6 Å². The van der Waals surface area contributed by atoms with Crippen molar-refractivity contribution in [2.45, 2.75) is 25.3 Å². The van der Waals surface area contributed by atoms with Crippen molar-refractivity contribution < 1.29 is 0 Å². The van der Waals surface area contributed by atoms with Gasteiger partial charge in [-0.3, -0.25) is 4.98 Å². The van der Waals surface area contributed by atoms with Crippen LogP contribution in [0.4, 0.5) is 0 Å². The fourth-order valence-corrected chi connectivity index (χ4v) is 1.95. The summed E-state index contributed by atoms with van der Waals surface area (Å²) in [5.41, 5.74) is 6.81. The molecule has 0 amide bonds. The Labute approximate surface area is 83.9 Å². The maximum atomic E-state index is 5.62. The lowest BCUT2D eigenvalue weighted by Crippen LogP contribution is -2.00. The van der Waals surface area contributed by atoms with E-state index in [0.29, 0.717) is 12.5 Å². The van der Waals surface area contributed by atoms with E-state index >= 15 is 0 Å². The van der Waals surface area contributed by atoms with Crippen LogP contribution in [-0.2, 0) is 6.54 Å². The standard InChI is InChI=1S/C10H16N2S/c1-8(2)7-13-10-6-12-4-3-9(10)5-11/h3-4,6,8H,5,7,11H2,1-2H3. The molecule has 1 heterocycles. The molecule has 0 atom stereocenters. The van der Waals surface area contributed by atoms with E-state index in [9.17, 15) is 0 Å². The van der Waals surface area contributed by atoms with Crippen molar-refractivity contribution in [3.8, 4) is 0 Å². The summed E-state index contributed by atoms with van der Waals surface area (Å²) in [6.45, 7) is 5.03. The molecule has 1 aromatic heterocycles. The van der Waals surface area contributed by atoms with Gasteiger partial charge in [0.15, 0.2) is 0 Å². The van der Waals surface area contributed by atoms with Crippen LogP contribution in [0.25, 0.3) is 0 Å². The van der Waals surface area contributed by atoms with Gasteiger partial charge in [0.05, 0.1) is 0 Å². The number of nitrogens with two attached hydrogens (primary N) is 1. The van der Waals surface area contributed by atoms with Gasteiger partial charge >= 0.3 is 0 Å². The summed E-state index contributed by atoms with van der Waals surface area (Å²) < 4.78 is 0. The molecule has 0 aromatic carbocycles. The fraction of sp³-hybridized carbons (Fsp3) is 0.500. The maximum Gasteiger partial charge on any atom is 0.0407 e. The molecule has 0 aliphatic carbocycles. The first-order valence-electron chi connectivity index (χ1n) is 4.49. The third kappa shape index (κ3) is 3.36. The predicted octanol–water partition coefficient (Wildman–Crippen LogP) is 2.29. The Hall–Kier alpha value is -0.540. The average Bonchev–Trinajstić information content (AvgIpc) is 2.15. The molecule has 0 saturated heterocycles. The van der Waals surface area contributed by atoms with Crippen molar-refractivity contribution in [1.29, 1.82) is 0 Å². The van der Waals surface area contributed by atoms with Gasteiger partial charge in [-0.15, -0.1) is 11.8 Å². The zero-order valence-electron chi connectivity index (χ0n) is 8.16. The minimum absolute atomic E-state index is 0.600. The van der Waals surface area contributed by atoms with E-state index in [0.717, 1.165) is 5.75 Å². The molecular formula is C10H16N2S. The molecule has 0 unspecified atom stereocenters. The molecule has 13 heavy (non-hydrogen) atoms. The largest absolute Gasteiger partial charge is 0.326 e. The van der Waals surface area contributed by atoms with Crippen LogP contribution in [-0.4, -0.2) is 10.7 Å². The molecule has 0 aliphatic heterocycles. The van der Waals surface area contributed by atoms with Crippen LogP contribution in [0.2, 0.25) is 0 Å². The highest BCUT2D eigenvalue weighted by atomic mass is 32.2. The molecule has 0 bridgehead atoms. The Balaban J connectivity index is 2.64. The van der Waals surface area contributed by atoms with E-state index in [2.05, 4.69) is 18.8 Å². The fourth-order valence-electron chi connectivity index (χ4n) is 0.964. The summed E-state index contributed by atoms with van der Waals surface area (Å²) in [7, 11) is 0. The highest BCUT2D eigenvalue weighted by Crippen LogP contribution is 2.23. The normalized spacial score (nSPS) is 10.8. The second kappa shape index (κ2) is 5.25. The first kappa shape index (κ1) is 10.5. The summed E-state index contributed by atoms with van der Waals surface area (Å²) in [5, 5.41) is 0. The van der Waals surface area contributed by atoms with E-state index in [1.165, 1.54) is 10.5 Å². The lowest BCUT2D eigenvalue weighted by Gasteiger charge is -2.07. The van der Waals surface area contributed by atoms with E-state index in [1.54, 1.807) is 6.20 Å². The highest BCUT2D eigenvalue weighted by Gasteiger charge is 2.02. The molecule has 0 aliphatic rings. The Morgan fingerprint density at radius 2 is 2.31 bits per heavy atom. The number of hydrogen-bond donors (Lipinski definition) is 1. The van der Waals surface area contributed by atoms with E-state index < -0.39 is 0 Å². The van der Waals surface area contributed by atoms with Crippen LogP contribution < -0.4 is 5.73 Å². The molecule has 3 heteroatoms. The van der Waals surface area contributed by atoms with Gasteiger partial charge in [0.1, 0.15) is 0 Å². The van der Waals surface area contributed by atoms with Crippen LogP contribution >= 0.6 is 11.8 Å². The van der Waals surface area contributed by atoms with Crippen molar-refractivity contribution >= 4 is 11.8 Å². The molecule has 1 aromatic rings. The molecule has 1 rings (SSSR count). The minimum atomic E-state index is 0.600. The SMILES string of the molecule is CC(C)CSc1cnccc1CN. The maximum absolute atomic E-state index is 5.62. The lowest BCUT2D eigenvalue weighted by atomic mass is 10.3. The Morgan fingerprint density at radius 3 is 2.92 bits per heavy atom. The zero-order chi connectivity index (χ0) is 9.68. The molecule has 0 radical (unpaired) electrons. The van der Waals surface area contributed by atoms with Crippen molar-refractivity contribution in [1.82, 2.24) is 4.98 Å². The van der Waals surface area contributed by atoms with Gasteiger partial charge in [0.2, 0.25) is 0 Å². The number of nitrogens with zero attached hydrogens (tertiary/aromatic N) is 1. The van der Waals surface area contributed by atoms with Crippen molar-refractivity contribution in [3.05, 3.63) is 24.0 Å². The van der Waals surface area contributed by atoms with Crippen molar-refractivity contribution in [2.75, 3.05) is 5.75 Å². The van der Waals surface area contributed by atoms with Crippen molar-refractivity contribution in [2.24, 2.45) is 11.7 Å². The van der Waals surface area contributed by atoms with Gasteiger partial charge in [-0.25, -0.2) is 0 Å². The second-order valence-corrected chi connectivity index (χ2v) is 4.45. The number of rotatable bonds is 4. The van der Waals surface area contributed by atoms with Gasteiger partial charge in [-0.1, -0.05) is 13.8 Å². The van der Waals surface area contributed by atoms with Gasteiger partial charge in [-0.2, -0.15) is 0 Å². The lowest BCUT2D eigenvalue weighted by molar-refractivity contribution is 0.750. The molecule has 0 spiro atoms. The Kier molecular flexibility index (Phi) is 4.25. The molecule has 0 fully saturated rings. The van der Waals surface area contributed by atoms with Crippen LogP contribution in [0.3, 0.4) is 0 Å². The predicted molar refractivity (Wildman–Crippen MR) is 57.7 cm³/mol. The van der Waals surface area contributed by atoms with E-state index in [4.69, 9.17) is 5.73 Å². The third-order valence-electron chi connectivity index (χ3n) is 1.66. The van der Waals surface area contributed by atoms with Gasteiger partial charge < -0.3 is 5.73 Å². The summed E-state index contributed by atoms with van der Waals surface area (Å²) in [5.74, 6) is 1.83. The summed E-state index contributed by atoms with van der Waals surface area (Å²) in [6.07, 6.45) is 3.69. The van der Waals surface area contributed by atoms with E-state index in [1.807, 2.05) is 24.0 Å². The highest BCUT2D eigenvalue weighted by molar-refractivity contribution is 7.99. The Morgan fingerprint density at radius 1 is 1.54 bits per heavy atom. The smallest absolute Gasteiger partial charge is 0.0407 e. The second-order valence-electron chi connectivity index (χ2n) is 3.39. The van der Waals surface area contributed by atoms with Crippen molar-refractivity contribution in [3.63, 3.8) is 0 Å². The monoisotopic (exact) mass is 196 g/mol. The molecule has 2 nitrogen and oxygen atoms in total. The van der Waals surface area contributed by atoms with Crippen LogP contribution in [0.1, 0.15) is 19.4 Å². The summed E-state index contributed by atoms with van der Waals surface area (Å²) in [4.78, 5) is 5.32. The third-order valence-corrected chi connectivity index (χ3v) is 3.17. The zero-order valence-corrected chi connectivity index (χ0v) is 8.97. The summed E-state index contributed by atoms with van der Waals surface area (Å²) >= 11 is 1.84. The topological polar surface area (TPSA) is 38.9 Å².